The smallest absolute Gasteiger partial charge is 0.0972 e. The molecule has 2 atom stereocenters. The van der Waals surface area contributed by atoms with Gasteiger partial charge in [-0.25, -0.2) is 24.9 Å². The largest absolute Gasteiger partial charge is 0.253 e. The van der Waals surface area contributed by atoms with E-state index in [4.69, 9.17) is 29.9 Å². The molecule has 148 heavy (non-hydrogen) atoms. The Kier molecular flexibility index (Phi) is 19.3. The van der Waals surface area contributed by atoms with Crippen molar-refractivity contribution in [2.45, 2.75) is 10.8 Å². The van der Waals surface area contributed by atoms with Crippen LogP contribution in [0, 0.1) is 11.8 Å². The number of allylic oxidation sites excluding steroid dienone is 14. The Labute approximate surface area is 855 Å². The summed E-state index contributed by atoms with van der Waals surface area (Å²) in [6.45, 7) is 0. The van der Waals surface area contributed by atoms with Crippen molar-refractivity contribution < 1.29 is 0 Å². The van der Waals surface area contributed by atoms with Gasteiger partial charge in [0.2, 0.25) is 0 Å². The zero-order valence-electron chi connectivity index (χ0n) is 80.5. The van der Waals surface area contributed by atoms with Gasteiger partial charge >= 0.3 is 0 Å². The molecule has 0 amide bonds. The first kappa shape index (κ1) is 84.5. The van der Waals surface area contributed by atoms with E-state index in [1.807, 2.05) is 18.3 Å². The molecule has 6 aliphatic rings. The van der Waals surface area contributed by atoms with Crippen LogP contribution >= 0.6 is 0 Å². The van der Waals surface area contributed by atoms with Crippen LogP contribution in [0.15, 0.2) is 544 Å². The molecule has 25 aromatic rings. The van der Waals surface area contributed by atoms with Crippen molar-refractivity contribution in [3.05, 3.63) is 600 Å². The second-order valence-electron chi connectivity index (χ2n) is 40.0. The van der Waals surface area contributed by atoms with E-state index in [1.165, 1.54) is 138 Å². The highest BCUT2D eigenvalue weighted by Gasteiger charge is 2.49. The molecule has 0 N–H and O–H groups in total. The third-order valence-corrected chi connectivity index (χ3v) is 32.2. The first-order valence-electron chi connectivity index (χ1n) is 51.1. The van der Waals surface area contributed by atoms with Crippen LogP contribution in [0.2, 0.25) is 0 Å². The summed E-state index contributed by atoms with van der Waals surface area (Å²) in [5.74, 6) is 0.445. The molecule has 0 fully saturated rings. The van der Waals surface area contributed by atoms with Gasteiger partial charge in [-0.3, -0.25) is 4.98 Å². The lowest BCUT2D eigenvalue weighted by molar-refractivity contribution is 0.568. The number of aromatic nitrogens is 6. The minimum absolute atomic E-state index is 0.218. The predicted molar refractivity (Wildman–Crippen MR) is 613 cm³/mol. The van der Waals surface area contributed by atoms with Gasteiger partial charge in [0.1, 0.15) is 0 Å². The predicted octanol–water partition coefficient (Wildman–Crippen LogP) is 35.0. The van der Waals surface area contributed by atoms with Gasteiger partial charge in [0.05, 0.1) is 72.4 Å². The zero-order chi connectivity index (χ0) is 97.2. The minimum atomic E-state index is -0.497. The van der Waals surface area contributed by atoms with E-state index in [0.717, 1.165) is 149 Å². The van der Waals surface area contributed by atoms with Crippen LogP contribution in [0.4, 0.5) is 0 Å². The molecule has 2 unspecified atom stereocenters. The van der Waals surface area contributed by atoms with Crippen molar-refractivity contribution in [2.24, 2.45) is 11.8 Å². The van der Waals surface area contributed by atoms with Crippen molar-refractivity contribution >= 4 is 120 Å². The maximum Gasteiger partial charge on any atom is 0.0972 e. The van der Waals surface area contributed by atoms with Gasteiger partial charge < -0.3 is 0 Å². The third-order valence-electron chi connectivity index (χ3n) is 32.2. The SMILES string of the molecule is C1=CC2=CC=C(c3cnc4c(ccc5ccc(-c6ccccc6)nc54)c3)C3=CC=C4C=C(c5cccc(-c6nc7ccccc7c7cc8c(cc67)-c6ccccc6C8(c6ccccc6)c6ccccc6)c5)C=C1C4C23.c1ccc(-c2ccc3ccc4ccc(-c5ccc6c(ccc7ccc(-c8cccc(-c9nc%10ccccc%10c%10cc%11c(cc9%10)-c9ccccc9C%11(c9ccccc9)c9ccccc9)c8)cc76)c5)nc4c3n2)cc1. The number of hydrogen-bond acceptors (Lipinski definition) is 6. The Morgan fingerprint density at radius 3 is 1.18 bits per heavy atom. The highest BCUT2D eigenvalue weighted by molar-refractivity contribution is 6.17. The highest BCUT2D eigenvalue weighted by atomic mass is 14.8. The number of benzene rings is 19. The average molecular weight is 1880 g/mol. The van der Waals surface area contributed by atoms with E-state index in [9.17, 15) is 0 Å². The van der Waals surface area contributed by atoms with E-state index in [0.29, 0.717) is 0 Å². The summed E-state index contributed by atoms with van der Waals surface area (Å²) >= 11 is 0. The lowest BCUT2D eigenvalue weighted by Gasteiger charge is -2.41. The summed E-state index contributed by atoms with van der Waals surface area (Å²) in [7, 11) is 0. The number of hydrogen-bond donors (Lipinski definition) is 0. The van der Waals surface area contributed by atoms with Gasteiger partial charge in [-0.1, -0.05) is 431 Å². The summed E-state index contributed by atoms with van der Waals surface area (Å²) in [4.78, 5) is 31.8. The van der Waals surface area contributed by atoms with Gasteiger partial charge in [-0.15, -0.1) is 0 Å². The molecule has 0 radical (unpaired) electrons. The molecular formula is C142H88N6. The van der Waals surface area contributed by atoms with Crippen molar-refractivity contribution in [1.82, 2.24) is 29.9 Å². The molecule has 686 valence electrons. The Morgan fingerprint density at radius 2 is 0.622 bits per heavy atom. The maximum absolute atomic E-state index is 5.53. The molecule has 6 aromatic heterocycles. The lowest BCUT2D eigenvalue weighted by atomic mass is 9.62. The van der Waals surface area contributed by atoms with Crippen LogP contribution in [0.25, 0.3) is 209 Å². The Hall–Kier alpha value is -19.1. The number of nitrogens with zero attached hydrogens (tertiary/aromatic N) is 6. The molecule has 6 aliphatic carbocycles. The van der Waals surface area contributed by atoms with Gasteiger partial charge in [-0.05, 0) is 234 Å². The summed E-state index contributed by atoms with van der Waals surface area (Å²) in [6.07, 6.45) is 20.9. The third kappa shape index (κ3) is 13.3. The molecule has 0 bridgehead atoms. The van der Waals surface area contributed by atoms with Gasteiger partial charge in [0.15, 0.2) is 0 Å². The topological polar surface area (TPSA) is 77.3 Å². The van der Waals surface area contributed by atoms with E-state index in [1.54, 1.807) is 0 Å². The Bertz CT molecular complexity index is 10100. The monoisotopic (exact) mass is 1880 g/mol. The first-order chi connectivity index (χ1) is 73.3. The fraction of sp³-hybridized carbons (Fsp3) is 0.0282. The van der Waals surface area contributed by atoms with E-state index in [-0.39, 0.29) is 11.8 Å². The minimum Gasteiger partial charge on any atom is -0.253 e. The molecule has 6 heterocycles. The second kappa shape index (κ2) is 33.8. The van der Waals surface area contributed by atoms with Crippen LogP contribution < -0.4 is 0 Å². The fourth-order valence-electron chi connectivity index (χ4n) is 25.4. The maximum atomic E-state index is 5.53. The van der Waals surface area contributed by atoms with Crippen LogP contribution in [-0.2, 0) is 10.8 Å². The van der Waals surface area contributed by atoms with Crippen molar-refractivity contribution in [1.29, 1.82) is 0 Å². The summed E-state index contributed by atoms with van der Waals surface area (Å²) in [5, 5.41) is 16.1. The van der Waals surface area contributed by atoms with Crippen LogP contribution in [-0.4, -0.2) is 29.9 Å². The van der Waals surface area contributed by atoms with Crippen molar-refractivity contribution in [3.8, 4) is 89.7 Å². The lowest BCUT2D eigenvalue weighted by Crippen LogP contribution is -2.29. The summed E-state index contributed by atoms with van der Waals surface area (Å²) in [5.41, 5.74) is 42.6. The molecule has 6 nitrogen and oxygen atoms in total. The van der Waals surface area contributed by atoms with E-state index in [2.05, 4.69) is 504 Å². The molecule has 0 aliphatic heterocycles. The normalized spacial score (nSPS) is 15.2. The Morgan fingerprint density at radius 1 is 0.203 bits per heavy atom. The van der Waals surface area contributed by atoms with Gasteiger partial charge in [0.25, 0.3) is 0 Å². The second-order valence-corrected chi connectivity index (χ2v) is 40.0. The van der Waals surface area contributed by atoms with Crippen LogP contribution in [0.1, 0.15) is 55.6 Å². The quantitative estimate of drug-likeness (QED) is 0.113. The first-order valence-corrected chi connectivity index (χ1v) is 51.1. The van der Waals surface area contributed by atoms with Crippen molar-refractivity contribution in [3.63, 3.8) is 0 Å². The van der Waals surface area contributed by atoms with Gasteiger partial charge in [0, 0.05) is 94.5 Å². The average Bonchev–Trinajstić information content (AvgIpc) is 1.53. The summed E-state index contributed by atoms with van der Waals surface area (Å²) < 4.78 is 0. The van der Waals surface area contributed by atoms with Crippen molar-refractivity contribution in [2.75, 3.05) is 0 Å². The zero-order valence-corrected chi connectivity index (χ0v) is 80.5. The molecule has 19 aromatic carbocycles. The Balaban J connectivity index is 0.000000137. The molecule has 31 rings (SSSR count). The molecule has 0 saturated carbocycles. The van der Waals surface area contributed by atoms with E-state index >= 15 is 0 Å². The molecular weight excluding hydrogens is 1790 g/mol. The molecule has 0 spiro atoms. The number of para-hydroxylation sites is 2. The van der Waals surface area contributed by atoms with Crippen LogP contribution in [0.3, 0.4) is 0 Å². The number of fused-ring (bicyclic) bond motifs is 21. The standard InChI is InChI=1S/C72H45N3.C70H43N3/c1-4-15-44(16-5-1)65-36-33-46-28-30-51-40-53(43-73-70(51)71(46)74-65)56-34-31-45-27-29-48-38-52(39-49-32-35-59(56)68(45)67(48)49)47-17-14-18-50(37-47)69-62-41-61-57-23-10-12-25-63(57)72(54-19-6-2-7-20-54,55-21-8-3-9-22-55)64(61)42-60(62)58-24-11-13-26-66(58)75-69;1-4-15-45(16-5-1)64-37-34-46-29-30-47-35-38-65(72-69(47)68(46)71-64)51-33-36-55-50(40-51)32-28-44-27-31-49(41-58(44)55)48-17-14-18-52(39-48)67-61-42-60-56-23-10-12-25-62(56)70(53-19-6-2-7-20-53,54-21-8-3-9-22-54)63(60)43-59(61)57-24-11-13-26-66(57)73-67/h1-43,67-68H;1-43H. The number of rotatable bonds is 12. The highest BCUT2D eigenvalue weighted by Crippen LogP contribution is 2.61. The molecule has 0 saturated heterocycles. The fourth-order valence-corrected chi connectivity index (χ4v) is 25.4. The van der Waals surface area contributed by atoms with Crippen LogP contribution in [0.5, 0.6) is 0 Å². The summed E-state index contributed by atoms with van der Waals surface area (Å²) in [6, 6.07) is 170. The molecule has 6 heteroatoms. The number of pyridine rings is 6. The van der Waals surface area contributed by atoms with Gasteiger partial charge in [-0.2, -0.15) is 0 Å². The van der Waals surface area contributed by atoms with E-state index < -0.39 is 10.8 Å².